The average molecular weight is 287 g/mol. The number of phenolic OH excluding ortho intramolecular Hbond substituents is 1. The number of rotatable bonds is 4. The molecule has 1 N–H and O–H groups in total. The number of aryl methyl sites for hydroxylation is 1. The summed E-state index contributed by atoms with van der Waals surface area (Å²) in [7, 11) is 1.34. The summed E-state index contributed by atoms with van der Waals surface area (Å²) in [5, 5.41) is 13.9. The van der Waals surface area contributed by atoms with Crippen LogP contribution in [-0.2, 0) is 9.53 Å². The Balaban J connectivity index is 2.56. The van der Waals surface area contributed by atoms with E-state index in [1.807, 2.05) is 6.92 Å². The smallest absolute Gasteiger partial charge is 0.333 e. The Labute approximate surface area is 122 Å². The minimum absolute atomic E-state index is 0.108. The van der Waals surface area contributed by atoms with Crippen LogP contribution in [0, 0.1) is 6.92 Å². The van der Waals surface area contributed by atoms with Gasteiger partial charge in [0.05, 0.1) is 7.11 Å². The second kappa shape index (κ2) is 6.26. The molecule has 0 fully saturated rings. The zero-order chi connectivity index (χ0) is 15.4. The van der Waals surface area contributed by atoms with Gasteiger partial charge in [0.1, 0.15) is 17.2 Å². The lowest BCUT2D eigenvalue weighted by Gasteiger charge is -2.04. The lowest BCUT2D eigenvalue weighted by Crippen LogP contribution is -2.03. The predicted molar refractivity (Wildman–Crippen MR) is 78.6 cm³/mol. The number of esters is 1. The highest BCUT2D eigenvalue weighted by atomic mass is 16.5. The molecule has 2 aromatic rings. The topological polar surface area (TPSA) is 72.6 Å². The molecule has 0 aliphatic carbocycles. The molecule has 0 aliphatic rings. The van der Waals surface area contributed by atoms with Crippen molar-refractivity contribution in [2.75, 3.05) is 7.11 Å². The molecule has 1 heterocycles. The SMILES string of the molecule is CC/C(=C\c1c(-c2ccccc2O)noc1C)C(=O)OC. The number of carbonyl (C=O) groups excluding carboxylic acids is 1. The largest absolute Gasteiger partial charge is 0.507 e. The van der Waals surface area contributed by atoms with Gasteiger partial charge in [-0.2, -0.15) is 0 Å². The van der Waals surface area contributed by atoms with E-state index in [1.54, 1.807) is 37.3 Å². The maximum absolute atomic E-state index is 11.7. The van der Waals surface area contributed by atoms with Crippen molar-refractivity contribution in [1.82, 2.24) is 5.16 Å². The zero-order valence-electron chi connectivity index (χ0n) is 12.2. The van der Waals surface area contributed by atoms with Gasteiger partial charge in [-0.15, -0.1) is 0 Å². The van der Waals surface area contributed by atoms with Crippen LogP contribution >= 0.6 is 0 Å². The number of benzene rings is 1. The van der Waals surface area contributed by atoms with Crippen LogP contribution in [0.3, 0.4) is 0 Å². The summed E-state index contributed by atoms with van der Waals surface area (Å²) in [5.74, 6) is 0.293. The lowest BCUT2D eigenvalue weighted by molar-refractivity contribution is -0.136. The fourth-order valence-electron chi connectivity index (χ4n) is 2.03. The normalized spacial score (nSPS) is 11.5. The van der Waals surface area contributed by atoms with Crippen LogP contribution in [0.1, 0.15) is 24.7 Å². The second-order valence-electron chi connectivity index (χ2n) is 4.53. The van der Waals surface area contributed by atoms with Crippen LogP contribution in [0.4, 0.5) is 0 Å². The van der Waals surface area contributed by atoms with Gasteiger partial charge in [0.25, 0.3) is 0 Å². The van der Waals surface area contributed by atoms with E-state index < -0.39 is 0 Å². The number of para-hydroxylation sites is 1. The molecule has 0 radical (unpaired) electrons. The number of hydrogen-bond donors (Lipinski definition) is 1. The minimum Gasteiger partial charge on any atom is -0.507 e. The molecule has 0 amide bonds. The van der Waals surface area contributed by atoms with Gasteiger partial charge < -0.3 is 14.4 Å². The van der Waals surface area contributed by atoms with E-state index in [-0.39, 0.29) is 11.7 Å². The third kappa shape index (κ3) is 2.97. The summed E-state index contributed by atoms with van der Waals surface area (Å²) in [6, 6.07) is 6.85. The van der Waals surface area contributed by atoms with Crippen molar-refractivity contribution in [1.29, 1.82) is 0 Å². The van der Waals surface area contributed by atoms with Gasteiger partial charge in [0.15, 0.2) is 0 Å². The maximum atomic E-state index is 11.7. The molecule has 1 aromatic heterocycles. The molecule has 0 spiro atoms. The van der Waals surface area contributed by atoms with Crippen LogP contribution in [0.5, 0.6) is 5.75 Å². The summed E-state index contributed by atoms with van der Waals surface area (Å²) in [5.41, 5.74) is 2.24. The van der Waals surface area contributed by atoms with E-state index in [0.717, 1.165) is 0 Å². The van der Waals surface area contributed by atoms with E-state index in [4.69, 9.17) is 9.26 Å². The molecule has 0 aliphatic heterocycles. The van der Waals surface area contributed by atoms with Gasteiger partial charge in [-0.25, -0.2) is 4.79 Å². The highest BCUT2D eigenvalue weighted by Gasteiger charge is 2.18. The molecular formula is C16H17NO4. The van der Waals surface area contributed by atoms with Gasteiger partial charge >= 0.3 is 5.97 Å². The van der Waals surface area contributed by atoms with Crippen LogP contribution in [0.15, 0.2) is 34.4 Å². The molecule has 2 rings (SSSR count). The van der Waals surface area contributed by atoms with Crippen molar-refractivity contribution in [3.8, 4) is 17.0 Å². The average Bonchev–Trinajstić information content (AvgIpc) is 2.85. The number of aromatic nitrogens is 1. The van der Waals surface area contributed by atoms with Crippen LogP contribution in [0.2, 0.25) is 0 Å². The molecule has 5 nitrogen and oxygen atoms in total. The van der Waals surface area contributed by atoms with E-state index in [1.165, 1.54) is 7.11 Å². The first-order chi connectivity index (χ1) is 10.1. The van der Waals surface area contributed by atoms with Crippen LogP contribution in [0.25, 0.3) is 17.3 Å². The van der Waals surface area contributed by atoms with Crippen LogP contribution < -0.4 is 0 Å². The summed E-state index contributed by atoms with van der Waals surface area (Å²) in [4.78, 5) is 11.7. The Hall–Kier alpha value is -2.56. The van der Waals surface area contributed by atoms with Gasteiger partial charge in [0.2, 0.25) is 0 Å². The number of carbonyl (C=O) groups is 1. The quantitative estimate of drug-likeness (QED) is 0.689. The molecular weight excluding hydrogens is 270 g/mol. The van der Waals surface area contributed by atoms with Crippen molar-refractivity contribution in [3.63, 3.8) is 0 Å². The standard InChI is InChI=1S/C16H17NO4/c1-4-11(16(19)20-3)9-13-10(2)21-17-15(13)12-7-5-6-8-14(12)18/h5-9,18H,4H2,1-3H3/b11-9+. The van der Waals surface area contributed by atoms with Gasteiger partial charge in [-0.1, -0.05) is 24.2 Å². The minimum atomic E-state index is -0.388. The zero-order valence-corrected chi connectivity index (χ0v) is 12.2. The van der Waals surface area contributed by atoms with Crippen molar-refractivity contribution >= 4 is 12.0 Å². The molecule has 0 saturated heterocycles. The summed E-state index contributed by atoms with van der Waals surface area (Å²) in [6.45, 7) is 3.62. The molecule has 0 saturated carbocycles. The molecule has 1 aromatic carbocycles. The first kappa shape index (κ1) is 14.8. The first-order valence-electron chi connectivity index (χ1n) is 6.62. The van der Waals surface area contributed by atoms with Gasteiger partial charge in [0, 0.05) is 16.7 Å². The summed E-state index contributed by atoms with van der Waals surface area (Å²) >= 11 is 0. The van der Waals surface area contributed by atoms with Gasteiger partial charge in [-0.05, 0) is 31.6 Å². The number of methoxy groups -OCH3 is 1. The second-order valence-corrected chi connectivity index (χ2v) is 4.53. The molecule has 0 bridgehead atoms. The number of nitrogens with zero attached hydrogens (tertiary/aromatic N) is 1. The summed E-state index contributed by atoms with van der Waals surface area (Å²) in [6.07, 6.45) is 2.22. The fraction of sp³-hybridized carbons (Fsp3) is 0.250. The first-order valence-corrected chi connectivity index (χ1v) is 6.62. The Morgan fingerprint density at radius 3 is 2.76 bits per heavy atom. The van der Waals surface area contributed by atoms with E-state index >= 15 is 0 Å². The summed E-state index contributed by atoms with van der Waals surface area (Å²) < 4.78 is 9.96. The number of aromatic hydroxyl groups is 1. The number of ether oxygens (including phenoxy) is 1. The van der Waals surface area contributed by atoms with E-state index in [2.05, 4.69) is 5.16 Å². The van der Waals surface area contributed by atoms with Crippen molar-refractivity contribution in [2.24, 2.45) is 0 Å². The Kier molecular flexibility index (Phi) is 4.42. The molecule has 0 unspecified atom stereocenters. The number of hydrogen-bond acceptors (Lipinski definition) is 5. The molecule has 21 heavy (non-hydrogen) atoms. The van der Waals surface area contributed by atoms with E-state index in [9.17, 15) is 9.90 Å². The maximum Gasteiger partial charge on any atom is 0.333 e. The number of phenols is 1. The predicted octanol–water partition coefficient (Wildman–Crippen LogP) is 3.32. The Morgan fingerprint density at radius 1 is 1.43 bits per heavy atom. The molecule has 5 heteroatoms. The molecule has 0 atom stereocenters. The fourth-order valence-corrected chi connectivity index (χ4v) is 2.03. The highest BCUT2D eigenvalue weighted by Crippen LogP contribution is 2.33. The van der Waals surface area contributed by atoms with Gasteiger partial charge in [-0.3, -0.25) is 0 Å². The lowest BCUT2D eigenvalue weighted by atomic mass is 10.0. The van der Waals surface area contributed by atoms with Crippen molar-refractivity contribution < 1.29 is 19.2 Å². The van der Waals surface area contributed by atoms with Crippen molar-refractivity contribution in [3.05, 3.63) is 41.2 Å². The highest BCUT2D eigenvalue weighted by molar-refractivity contribution is 5.95. The Morgan fingerprint density at radius 2 is 2.14 bits per heavy atom. The van der Waals surface area contributed by atoms with Crippen molar-refractivity contribution in [2.45, 2.75) is 20.3 Å². The Bertz CT molecular complexity index is 685. The third-order valence-corrected chi connectivity index (χ3v) is 3.21. The monoisotopic (exact) mass is 287 g/mol. The molecule has 110 valence electrons. The van der Waals surface area contributed by atoms with E-state index in [0.29, 0.717) is 34.6 Å². The van der Waals surface area contributed by atoms with Crippen LogP contribution in [-0.4, -0.2) is 23.3 Å². The third-order valence-electron chi connectivity index (χ3n) is 3.21.